The van der Waals surface area contributed by atoms with E-state index in [0.717, 1.165) is 0 Å². The third-order valence-electron chi connectivity index (χ3n) is 14.3. The molecule has 7 rings (SSSR count). The molecule has 0 radical (unpaired) electrons. The maximum Gasteiger partial charge on any atom is 0.338 e. The first-order valence-electron chi connectivity index (χ1n) is 21.1. The molecule has 13 heteroatoms. The third kappa shape index (κ3) is 7.32. The Morgan fingerprint density at radius 2 is 1.40 bits per heavy atom. The Balaban J connectivity index is 1.39. The van der Waals surface area contributed by atoms with Crippen LogP contribution in [0.15, 0.2) is 102 Å². The van der Waals surface area contributed by atoms with Gasteiger partial charge < -0.3 is 34.1 Å². The molecule has 3 aliphatic carbocycles. The summed E-state index contributed by atoms with van der Waals surface area (Å²) in [5.74, 6) is -6.76. The molecule has 1 amide bonds. The average molecular weight is 850 g/mol. The summed E-state index contributed by atoms with van der Waals surface area (Å²) in [6.07, 6.45) is -5.29. The summed E-state index contributed by atoms with van der Waals surface area (Å²) < 4.78 is 31.2. The van der Waals surface area contributed by atoms with Crippen LogP contribution in [0.2, 0.25) is 0 Å². The van der Waals surface area contributed by atoms with E-state index in [0.29, 0.717) is 16.7 Å². The van der Waals surface area contributed by atoms with Crippen LogP contribution >= 0.6 is 0 Å². The van der Waals surface area contributed by atoms with E-state index in [9.17, 15) is 29.1 Å². The summed E-state index contributed by atoms with van der Waals surface area (Å²) in [6, 6.07) is 24.9. The van der Waals surface area contributed by atoms with Crippen molar-refractivity contribution in [2.75, 3.05) is 6.61 Å². The molecular weight excluding hydrogens is 795 g/mol. The van der Waals surface area contributed by atoms with Crippen molar-refractivity contribution in [2.45, 2.75) is 110 Å². The first-order chi connectivity index (χ1) is 29.3. The Labute approximate surface area is 361 Å². The highest BCUT2D eigenvalue weighted by molar-refractivity contribution is 5.96. The topological polar surface area (TPSA) is 181 Å². The molecule has 1 aliphatic heterocycles. The number of Topliss-reactive ketones (excluding diaryl/α,β-unsaturated/α-hetero) is 1. The fraction of sp³-hybridized carbons (Fsp3) is 0.469. The summed E-state index contributed by atoms with van der Waals surface area (Å²) in [5.41, 5.74) is -5.11. The maximum atomic E-state index is 15.7. The SMILES string of the molecule is CC(=O)O[C@H]1C(=O)[C@@]2(C)[C@H]([C@H](OC(=O)c3ccccc3)[C@]3(O)CC(OC(=O)[C@H](C)C(NC(=O)c4ccccc4)c4ccccc4)C(C)=C1C3(C)C)[C@]1(OC(C)=O)CO[C@@H]1C[C@@H]2C. The van der Waals surface area contributed by atoms with E-state index in [1.165, 1.54) is 13.8 Å². The Bertz CT molecular complexity index is 2280. The number of ether oxygens (including phenoxy) is 5. The lowest BCUT2D eigenvalue weighted by molar-refractivity contribution is -0.340. The van der Waals surface area contributed by atoms with Gasteiger partial charge in [-0.15, -0.1) is 0 Å². The van der Waals surface area contributed by atoms with Gasteiger partial charge in [-0.25, -0.2) is 4.79 Å². The van der Waals surface area contributed by atoms with Crippen molar-refractivity contribution < 1.29 is 57.6 Å². The van der Waals surface area contributed by atoms with Crippen molar-refractivity contribution >= 4 is 35.6 Å². The van der Waals surface area contributed by atoms with Crippen LogP contribution in [0.5, 0.6) is 0 Å². The van der Waals surface area contributed by atoms with Crippen LogP contribution in [-0.2, 0) is 42.9 Å². The molecule has 0 spiro atoms. The highest BCUT2D eigenvalue weighted by Crippen LogP contribution is 2.65. The maximum absolute atomic E-state index is 15.7. The molecule has 3 fully saturated rings. The van der Waals surface area contributed by atoms with Crippen LogP contribution in [0.4, 0.5) is 0 Å². The van der Waals surface area contributed by atoms with Crippen molar-refractivity contribution in [3.8, 4) is 0 Å². The molecule has 13 nitrogen and oxygen atoms in total. The normalized spacial score (nSPS) is 31.9. The quantitative estimate of drug-likeness (QED) is 0.133. The predicted octanol–water partition coefficient (Wildman–Crippen LogP) is 6.29. The number of carbonyl (C=O) groups is 6. The predicted molar refractivity (Wildman–Crippen MR) is 224 cm³/mol. The van der Waals surface area contributed by atoms with Crippen LogP contribution in [0.1, 0.15) is 101 Å². The van der Waals surface area contributed by atoms with Crippen molar-refractivity contribution in [3.05, 3.63) is 119 Å². The van der Waals surface area contributed by atoms with Gasteiger partial charge in [-0.1, -0.05) is 94.4 Å². The van der Waals surface area contributed by atoms with Gasteiger partial charge >= 0.3 is 23.9 Å². The number of carbonyl (C=O) groups excluding carboxylic acids is 6. The Morgan fingerprint density at radius 1 is 0.823 bits per heavy atom. The van der Waals surface area contributed by atoms with E-state index < -0.39 is 106 Å². The number of amides is 1. The molecular formula is C49H55NO12. The van der Waals surface area contributed by atoms with Gasteiger partial charge in [-0.2, -0.15) is 0 Å². The molecule has 2 saturated carbocycles. The molecule has 62 heavy (non-hydrogen) atoms. The number of nitrogens with one attached hydrogen (secondary N) is 1. The molecule has 1 saturated heterocycles. The second-order valence-corrected chi connectivity index (χ2v) is 18.1. The van der Waals surface area contributed by atoms with Crippen molar-refractivity contribution in [3.63, 3.8) is 0 Å². The molecule has 11 atom stereocenters. The van der Waals surface area contributed by atoms with E-state index in [-0.39, 0.29) is 30.6 Å². The van der Waals surface area contributed by atoms with Crippen LogP contribution in [0, 0.1) is 28.6 Å². The molecule has 2 unspecified atom stereocenters. The lowest BCUT2D eigenvalue weighted by Crippen LogP contribution is -2.80. The fourth-order valence-electron chi connectivity index (χ4n) is 10.7. The number of fused-ring (bicyclic) bond motifs is 5. The largest absolute Gasteiger partial charge is 0.457 e. The fourth-order valence-corrected chi connectivity index (χ4v) is 10.7. The zero-order valence-corrected chi connectivity index (χ0v) is 36.3. The molecule has 3 aromatic rings. The number of rotatable bonds is 10. The first kappa shape index (κ1) is 44.4. The van der Waals surface area contributed by atoms with Gasteiger partial charge in [-0.05, 0) is 67.2 Å². The molecule has 328 valence electrons. The lowest BCUT2D eigenvalue weighted by Gasteiger charge is -2.68. The van der Waals surface area contributed by atoms with E-state index in [4.69, 9.17) is 23.7 Å². The molecule has 4 aliphatic rings. The Hall–Kier alpha value is -5.66. The third-order valence-corrected chi connectivity index (χ3v) is 14.3. The number of hydrogen-bond donors (Lipinski definition) is 2. The van der Waals surface area contributed by atoms with Gasteiger partial charge in [-0.3, -0.25) is 24.0 Å². The summed E-state index contributed by atoms with van der Waals surface area (Å²) in [6.45, 7) is 12.4. The van der Waals surface area contributed by atoms with Crippen LogP contribution in [0.3, 0.4) is 0 Å². The molecule has 1 heterocycles. The molecule has 2 N–H and O–H groups in total. The van der Waals surface area contributed by atoms with Crippen molar-refractivity contribution in [1.82, 2.24) is 5.32 Å². The zero-order valence-electron chi connectivity index (χ0n) is 36.3. The standard InChI is InChI=1S/C49H55NO12/c1-27-24-36-48(26-58-36,62-31(5)52)40-42(61-45(56)34-22-16-11-17-23-34)49(57)25-35(28(2)37(46(49,6)7)39(59-30(4)51)41(53)47(27,40)8)60-44(55)29(3)38(32-18-12-9-13-19-32)50-43(54)33-20-14-10-15-21-33/h9-23,27,29,35-36,38-40,42,57H,24-26H2,1-8H3,(H,50,54)/t27-,29+,35?,36+,38?,39+,40-,42-,47+,48-,49+/m0/s1. The Morgan fingerprint density at radius 3 is 1.95 bits per heavy atom. The van der Waals surface area contributed by atoms with Gasteiger partial charge in [0.15, 0.2) is 17.5 Å². The summed E-state index contributed by atoms with van der Waals surface area (Å²) in [4.78, 5) is 84.3. The second-order valence-electron chi connectivity index (χ2n) is 18.1. The monoisotopic (exact) mass is 849 g/mol. The van der Waals surface area contributed by atoms with Crippen molar-refractivity contribution in [1.29, 1.82) is 0 Å². The van der Waals surface area contributed by atoms with E-state index in [1.54, 1.807) is 120 Å². The number of hydrogen-bond acceptors (Lipinski definition) is 12. The van der Waals surface area contributed by atoms with Gasteiger partial charge in [0.1, 0.15) is 23.9 Å². The number of benzene rings is 3. The van der Waals surface area contributed by atoms with Gasteiger partial charge in [0.25, 0.3) is 5.91 Å². The Kier molecular flexibility index (Phi) is 11.9. The van der Waals surface area contributed by atoms with E-state index in [1.807, 2.05) is 13.0 Å². The minimum Gasteiger partial charge on any atom is -0.457 e. The zero-order chi connectivity index (χ0) is 44.9. The van der Waals surface area contributed by atoms with Crippen LogP contribution in [-0.4, -0.2) is 82.9 Å². The second kappa shape index (κ2) is 16.6. The first-order valence-corrected chi connectivity index (χ1v) is 21.1. The van der Waals surface area contributed by atoms with Crippen molar-refractivity contribution in [2.24, 2.45) is 28.6 Å². The minimum absolute atomic E-state index is 0.164. The molecule has 3 aromatic carbocycles. The number of esters is 4. The lowest BCUT2D eigenvalue weighted by atomic mass is 9.43. The number of aliphatic hydroxyl groups is 1. The minimum atomic E-state index is -2.20. The smallest absolute Gasteiger partial charge is 0.338 e. The summed E-state index contributed by atoms with van der Waals surface area (Å²) in [5, 5.41) is 16.8. The highest BCUT2D eigenvalue weighted by Gasteiger charge is 2.77. The van der Waals surface area contributed by atoms with E-state index >= 15 is 4.79 Å². The molecule has 2 bridgehead atoms. The van der Waals surface area contributed by atoms with Gasteiger partial charge in [0.05, 0.1) is 30.0 Å². The highest BCUT2D eigenvalue weighted by atomic mass is 16.6. The van der Waals surface area contributed by atoms with Gasteiger partial charge in [0, 0.05) is 36.7 Å². The average Bonchev–Trinajstić information content (AvgIpc) is 3.24. The van der Waals surface area contributed by atoms with Crippen LogP contribution in [0.25, 0.3) is 0 Å². The number of ketones is 1. The van der Waals surface area contributed by atoms with E-state index in [2.05, 4.69) is 5.32 Å². The molecule has 0 aromatic heterocycles. The summed E-state index contributed by atoms with van der Waals surface area (Å²) in [7, 11) is 0. The van der Waals surface area contributed by atoms with Gasteiger partial charge in [0.2, 0.25) is 0 Å². The van der Waals surface area contributed by atoms with Crippen LogP contribution < -0.4 is 5.32 Å². The summed E-state index contributed by atoms with van der Waals surface area (Å²) >= 11 is 0.